The molecule has 0 fully saturated rings. The van der Waals surface area contributed by atoms with Gasteiger partial charge in [-0.25, -0.2) is 0 Å². The van der Waals surface area contributed by atoms with Crippen molar-refractivity contribution >= 4 is 29.0 Å². The summed E-state index contributed by atoms with van der Waals surface area (Å²) < 4.78 is 33.8. The number of rotatable bonds is 1. The summed E-state index contributed by atoms with van der Waals surface area (Å²) in [6.07, 6.45) is 1.86. The van der Waals surface area contributed by atoms with Crippen LogP contribution >= 0.6 is 0 Å². The third-order valence-corrected chi connectivity index (χ3v) is 5.97. The molecule has 2 nitrogen and oxygen atoms in total. The minimum Gasteiger partial charge on any atom is -0.393 e. The predicted octanol–water partition coefficient (Wildman–Crippen LogP) is 5.69. The number of aromatic nitrogens is 1. The Morgan fingerprint density at radius 2 is 1.61 bits per heavy atom. The molecule has 2 aromatic carbocycles. The van der Waals surface area contributed by atoms with Crippen LogP contribution in [0.2, 0.25) is 0 Å². The predicted molar refractivity (Wildman–Crippen MR) is 112 cm³/mol. The molecule has 0 amide bonds. The maximum atomic E-state index is 15.7. The summed E-state index contributed by atoms with van der Waals surface area (Å²) in [5, 5.41) is 2.25. The lowest BCUT2D eigenvalue weighted by atomic mass is 9.83. The second-order valence-electron chi connectivity index (χ2n) is 7.90. The van der Waals surface area contributed by atoms with Crippen molar-refractivity contribution in [2.75, 3.05) is 0 Å². The lowest BCUT2D eigenvalue weighted by Gasteiger charge is -2.34. The van der Waals surface area contributed by atoms with Crippen molar-refractivity contribution in [1.82, 2.24) is 4.48 Å². The third kappa shape index (κ3) is 2.10. The first-order valence-corrected chi connectivity index (χ1v) is 9.57. The molecular formula is C23H21BF2N2. The molecule has 0 atom stereocenters. The van der Waals surface area contributed by atoms with Gasteiger partial charge in [-0.15, -0.1) is 0 Å². The fraction of sp³-hybridized carbons (Fsp3) is 0.174. The van der Waals surface area contributed by atoms with E-state index in [9.17, 15) is 0 Å². The highest BCUT2D eigenvalue weighted by Gasteiger charge is 2.55. The molecule has 0 bridgehead atoms. The first kappa shape index (κ1) is 17.2. The van der Waals surface area contributed by atoms with Gasteiger partial charge in [0, 0.05) is 24.3 Å². The van der Waals surface area contributed by atoms with Gasteiger partial charge in [0.1, 0.15) is 5.71 Å². The fourth-order valence-corrected chi connectivity index (χ4v) is 4.92. The number of allylic oxidation sites excluding steroid dienone is 2. The van der Waals surface area contributed by atoms with Crippen LogP contribution in [0.25, 0.3) is 16.3 Å². The van der Waals surface area contributed by atoms with Gasteiger partial charge in [0.2, 0.25) is 0 Å². The Bertz CT molecular complexity index is 1270. The van der Waals surface area contributed by atoms with E-state index < -0.39 is 6.97 Å². The molecule has 0 N–H and O–H groups in total. The largest absolute Gasteiger partial charge is 0.737 e. The van der Waals surface area contributed by atoms with Crippen LogP contribution in [0.4, 0.5) is 8.63 Å². The van der Waals surface area contributed by atoms with E-state index >= 15 is 8.63 Å². The Morgan fingerprint density at radius 3 is 2.36 bits per heavy atom. The Morgan fingerprint density at radius 1 is 0.893 bits per heavy atom. The average molecular weight is 374 g/mol. The van der Waals surface area contributed by atoms with Gasteiger partial charge in [-0.2, -0.15) is 0 Å². The molecule has 0 saturated carbocycles. The van der Waals surface area contributed by atoms with E-state index in [-0.39, 0.29) is 0 Å². The number of hydrogen-bond acceptors (Lipinski definition) is 0. The number of benzene rings is 2. The van der Waals surface area contributed by atoms with E-state index in [4.69, 9.17) is 0 Å². The molecule has 3 aromatic rings. The minimum atomic E-state index is -3.93. The lowest BCUT2D eigenvalue weighted by Crippen LogP contribution is -2.51. The number of aryl methyl sites for hydroxylation is 2. The van der Waals surface area contributed by atoms with Crippen LogP contribution in [0.3, 0.4) is 0 Å². The van der Waals surface area contributed by atoms with Crippen molar-refractivity contribution in [2.45, 2.75) is 27.7 Å². The normalized spacial score (nSPS) is 17.9. The molecule has 0 unspecified atom stereocenters. The van der Waals surface area contributed by atoms with Gasteiger partial charge in [-0.05, 0) is 60.5 Å². The summed E-state index contributed by atoms with van der Waals surface area (Å²) in [7, 11) is 0. The number of nitrogens with zero attached hydrogens (tertiary/aromatic N) is 2. The second kappa shape index (κ2) is 5.54. The van der Waals surface area contributed by atoms with Crippen molar-refractivity contribution in [3.63, 3.8) is 0 Å². The number of halogens is 2. The zero-order valence-electron chi connectivity index (χ0n) is 16.4. The molecule has 5 heteroatoms. The molecule has 0 spiro atoms. The minimum absolute atomic E-state index is 0.590. The van der Waals surface area contributed by atoms with E-state index in [1.165, 1.54) is 8.96 Å². The van der Waals surface area contributed by atoms with Gasteiger partial charge in [0.15, 0.2) is 5.70 Å². The summed E-state index contributed by atoms with van der Waals surface area (Å²) in [6.45, 7) is 3.45. The molecule has 0 aliphatic carbocycles. The second-order valence-corrected chi connectivity index (χ2v) is 7.90. The van der Waals surface area contributed by atoms with E-state index in [1.54, 1.807) is 13.8 Å². The SMILES string of the molecule is CC1=CC(C)=[N+]2C1=C(c1ccc3ccccc3c1)c1c(C)cc(C)n1[B-]2(F)F. The van der Waals surface area contributed by atoms with Crippen molar-refractivity contribution in [2.24, 2.45) is 0 Å². The molecule has 5 rings (SSSR count). The zero-order chi connectivity index (χ0) is 19.8. The number of hydrogen-bond donors (Lipinski definition) is 0. The Hall–Kier alpha value is -2.95. The summed E-state index contributed by atoms with van der Waals surface area (Å²) in [5.74, 6) is 0. The maximum absolute atomic E-state index is 15.7. The molecule has 2 aliphatic rings. The van der Waals surface area contributed by atoms with Crippen LogP contribution in [0.15, 0.2) is 65.9 Å². The van der Waals surface area contributed by atoms with Crippen molar-refractivity contribution in [3.8, 4) is 0 Å². The average Bonchev–Trinajstić information content (AvgIpc) is 3.12. The summed E-state index contributed by atoms with van der Waals surface area (Å²) >= 11 is 0. The number of fused-ring (bicyclic) bond motifs is 3. The van der Waals surface area contributed by atoms with Crippen molar-refractivity contribution < 1.29 is 13.1 Å². The standard InChI is InChI=1S/C23H21BF2N2/c1-14-11-16(3)27-22(14)21(20-10-9-18-7-5-6-8-19(18)13-20)23-15(2)12-17(4)28(23)24(27,25)26/h5-13H,1-4H3. The van der Waals surface area contributed by atoms with Crippen LogP contribution in [-0.4, -0.2) is 21.6 Å². The lowest BCUT2D eigenvalue weighted by molar-refractivity contribution is -0.363. The monoisotopic (exact) mass is 374 g/mol. The molecule has 0 radical (unpaired) electrons. The fourth-order valence-electron chi connectivity index (χ4n) is 4.92. The van der Waals surface area contributed by atoms with Gasteiger partial charge < -0.3 is 17.6 Å². The van der Waals surface area contributed by atoms with Crippen LogP contribution in [0.5, 0.6) is 0 Å². The maximum Gasteiger partial charge on any atom is 0.737 e. The summed E-state index contributed by atoms with van der Waals surface area (Å²) in [5.41, 5.74) is 6.06. The first-order chi connectivity index (χ1) is 13.3. The van der Waals surface area contributed by atoms with Gasteiger partial charge in [0.25, 0.3) is 0 Å². The van der Waals surface area contributed by atoms with Crippen LogP contribution in [-0.2, 0) is 0 Å². The van der Waals surface area contributed by atoms with Gasteiger partial charge >= 0.3 is 6.97 Å². The van der Waals surface area contributed by atoms with Crippen molar-refractivity contribution in [3.05, 3.63) is 88.4 Å². The molecule has 28 heavy (non-hydrogen) atoms. The zero-order valence-corrected chi connectivity index (χ0v) is 16.4. The highest BCUT2D eigenvalue weighted by Crippen LogP contribution is 2.44. The third-order valence-electron chi connectivity index (χ3n) is 5.97. The molecule has 3 heterocycles. The van der Waals surface area contributed by atoms with Crippen LogP contribution in [0.1, 0.15) is 36.4 Å². The van der Waals surface area contributed by atoms with E-state index in [2.05, 4.69) is 24.3 Å². The van der Waals surface area contributed by atoms with E-state index in [1.807, 2.05) is 44.2 Å². The van der Waals surface area contributed by atoms with Gasteiger partial charge in [-0.1, -0.05) is 36.4 Å². The highest BCUT2D eigenvalue weighted by molar-refractivity contribution is 6.58. The first-order valence-electron chi connectivity index (χ1n) is 9.57. The van der Waals surface area contributed by atoms with Gasteiger partial charge in [0.05, 0.1) is 5.57 Å². The van der Waals surface area contributed by atoms with Crippen LogP contribution < -0.4 is 0 Å². The van der Waals surface area contributed by atoms with Crippen LogP contribution in [0, 0.1) is 13.8 Å². The van der Waals surface area contributed by atoms with Crippen molar-refractivity contribution in [1.29, 1.82) is 0 Å². The Kier molecular flexibility index (Phi) is 3.40. The summed E-state index contributed by atoms with van der Waals surface area (Å²) in [6, 6.07) is 16.2. The molecule has 140 valence electrons. The molecule has 2 aliphatic heterocycles. The van der Waals surface area contributed by atoms with Gasteiger partial charge in [-0.3, -0.25) is 0 Å². The highest BCUT2D eigenvalue weighted by atomic mass is 19.2. The topological polar surface area (TPSA) is 7.94 Å². The smallest absolute Gasteiger partial charge is 0.393 e. The van der Waals surface area contributed by atoms with E-state index in [0.717, 1.165) is 33.0 Å². The van der Waals surface area contributed by atoms with E-state index in [0.29, 0.717) is 22.8 Å². The molecular weight excluding hydrogens is 353 g/mol. The Labute approximate surface area is 163 Å². The Balaban J connectivity index is 1.93. The quantitative estimate of drug-likeness (QED) is 0.484. The molecule has 0 saturated heterocycles. The molecule has 1 aromatic heterocycles. The summed E-state index contributed by atoms with van der Waals surface area (Å²) in [4.78, 5) is 0.